The van der Waals surface area contributed by atoms with Gasteiger partial charge in [0.25, 0.3) is 0 Å². The molecular weight excluding hydrogens is 300 g/mol. The molecule has 0 unspecified atom stereocenters. The van der Waals surface area contributed by atoms with E-state index in [-0.39, 0.29) is 5.91 Å². The summed E-state index contributed by atoms with van der Waals surface area (Å²) in [7, 11) is 0. The Morgan fingerprint density at radius 3 is 2.95 bits per heavy atom. The number of carbonyl (C=O) groups excluding carboxylic acids is 1. The Kier molecular flexibility index (Phi) is 5.90. The Labute approximate surface area is 133 Å². The van der Waals surface area contributed by atoms with Crippen LogP contribution in [-0.4, -0.2) is 17.4 Å². The third kappa shape index (κ3) is 4.95. The molecule has 2 rings (SSSR count). The molecule has 2 heterocycles. The first-order chi connectivity index (χ1) is 10.2. The van der Waals surface area contributed by atoms with Crippen molar-refractivity contribution in [3.05, 3.63) is 51.7 Å². The standard InChI is InChI=1S/C16H18N2OS2/c1-3-4-5-6-16(19)17-10-9-13-7-8-15(21-13)14-11-20-12(2)18-14/h3-8,11H,9-10H2,1-2H3,(H,17,19)/b4-3+,6-5+. The molecule has 3 nitrogen and oxygen atoms in total. The van der Waals surface area contributed by atoms with Gasteiger partial charge in [0.15, 0.2) is 0 Å². The number of thiazole rings is 1. The highest BCUT2D eigenvalue weighted by molar-refractivity contribution is 7.16. The maximum atomic E-state index is 11.5. The fraction of sp³-hybridized carbons (Fsp3) is 0.250. The maximum Gasteiger partial charge on any atom is 0.243 e. The third-order valence-electron chi connectivity index (χ3n) is 2.75. The number of aromatic nitrogens is 1. The van der Waals surface area contributed by atoms with Gasteiger partial charge in [0, 0.05) is 22.9 Å². The molecule has 0 saturated carbocycles. The topological polar surface area (TPSA) is 42.0 Å². The summed E-state index contributed by atoms with van der Waals surface area (Å²) in [5.41, 5.74) is 1.05. The molecule has 0 spiro atoms. The van der Waals surface area contributed by atoms with Crippen LogP contribution in [0.4, 0.5) is 0 Å². The zero-order valence-electron chi connectivity index (χ0n) is 12.1. The molecule has 2 aromatic rings. The number of carbonyl (C=O) groups is 1. The van der Waals surface area contributed by atoms with Crippen molar-refractivity contribution in [1.29, 1.82) is 0 Å². The van der Waals surface area contributed by atoms with Gasteiger partial charge in [-0.3, -0.25) is 4.79 Å². The van der Waals surface area contributed by atoms with Crippen LogP contribution >= 0.6 is 22.7 Å². The smallest absolute Gasteiger partial charge is 0.243 e. The van der Waals surface area contributed by atoms with Crippen molar-refractivity contribution in [3.63, 3.8) is 0 Å². The summed E-state index contributed by atoms with van der Waals surface area (Å²) in [6.07, 6.45) is 7.84. The second-order valence-electron chi connectivity index (χ2n) is 4.44. The Hall–Kier alpha value is -1.72. The Bertz CT molecular complexity index is 653. The predicted octanol–water partition coefficient (Wildman–Crippen LogP) is 3.97. The van der Waals surface area contributed by atoms with Gasteiger partial charge in [-0.05, 0) is 32.4 Å². The molecule has 0 fully saturated rings. The first-order valence-electron chi connectivity index (χ1n) is 6.77. The first-order valence-corrected chi connectivity index (χ1v) is 8.47. The summed E-state index contributed by atoms with van der Waals surface area (Å²) in [4.78, 5) is 18.4. The molecule has 1 amide bonds. The Balaban J connectivity index is 1.82. The quantitative estimate of drug-likeness (QED) is 0.647. The van der Waals surface area contributed by atoms with E-state index in [1.807, 2.05) is 26.0 Å². The SMILES string of the molecule is C/C=C/C=C/C(=O)NCCc1ccc(-c2csc(C)n2)s1. The summed E-state index contributed by atoms with van der Waals surface area (Å²) < 4.78 is 0. The first kappa shape index (κ1) is 15.7. The second-order valence-corrected chi connectivity index (χ2v) is 6.67. The van der Waals surface area contributed by atoms with Gasteiger partial charge in [-0.2, -0.15) is 0 Å². The monoisotopic (exact) mass is 318 g/mol. The van der Waals surface area contributed by atoms with Crippen LogP contribution in [-0.2, 0) is 11.2 Å². The van der Waals surface area contributed by atoms with E-state index >= 15 is 0 Å². The van der Waals surface area contributed by atoms with Crippen LogP contribution < -0.4 is 5.32 Å². The summed E-state index contributed by atoms with van der Waals surface area (Å²) in [5, 5.41) is 6.04. The highest BCUT2D eigenvalue weighted by Gasteiger charge is 2.06. The van der Waals surface area contributed by atoms with Crippen LogP contribution in [0.25, 0.3) is 10.6 Å². The lowest BCUT2D eigenvalue weighted by atomic mass is 10.3. The van der Waals surface area contributed by atoms with E-state index in [4.69, 9.17) is 0 Å². The number of aryl methyl sites for hydroxylation is 1. The Morgan fingerprint density at radius 2 is 2.24 bits per heavy atom. The van der Waals surface area contributed by atoms with Gasteiger partial charge in [-0.25, -0.2) is 4.98 Å². The molecule has 0 radical (unpaired) electrons. The zero-order chi connectivity index (χ0) is 15.1. The molecule has 0 aromatic carbocycles. The maximum absolute atomic E-state index is 11.5. The summed E-state index contributed by atoms with van der Waals surface area (Å²) in [5.74, 6) is -0.0556. The molecule has 1 N–H and O–H groups in total. The van der Waals surface area contributed by atoms with E-state index < -0.39 is 0 Å². The van der Waals surface area contributed by atoms with Crippen molar-refractivity contribution >= 4 is 28.6 Å². The van der Waals surface area contributed by atoms with E-state index in [9.17, 15) is 4.79 Å². The van der Waals surface area contributed by atoms with Crippen LogP contribution in [0.2, 0.25) is 0 Å². The summed E-state index contributed by atoms with van der Waals surface area (Å²) in [6.45, 7) is 4.58. The molecule has 0 atom stereocenters. The second kappa shape index (κ2) is 7.90. The van der Waals surface area contributed by atoms with Crippen molar-refractivity contribution in [2.24, 2.45) is 0 Å². The minimum Gasteiger partial charge on any atom is -0.352 e. The van der Waals surface area contributed by atoms with Crippen molar-refractivity contribution in [2.75, 3.05) is 6.54 Å². The molecule has 5 heteroatoms. The molecule has 0 saturated heterocycles. The van der Waals surface area contributed by atoms with E-state index in [1.54, 1.807) is 28.7 Å². The third-order valence-corrected chi connectivity index (χ3v) is 4.70. The molecule has 0 aliphatic carbocycles. The van der Waals surface area contributed by atoms with Crippen LogP contribution in [0.1, 0.15) is 16.8 Å². The average Bonchev–Trinajstić information content (AvgIpc) is 3.08. The van der Waals surface area contributed by atoms with Gasteiger partial charge >= 0.3 is 0 Å². The van der Waals surface area contributed by atoms with Gasteiger partial charge in [0.05, 0.1) is 15.6 Å². The summed E-state index contributed by atoms with van der Waals surface area (Å²) in [6, 6.07) is 4.21. The lowest BCUT2D eigenvalue weighted by Gasteiger charge is -1.99. The molecule has 0 aliphatic rings. The molecule has 110 valence electrons. The number of amides is 1. The molecule has 0 bridgehead atoms. The predicted molar refractivity (Wildman–Crippen MR) is 90.8 cm³/mol. The summed E-state index contributed by atoms with van der Waals surface area (Å²) >= 11 is 3.40. The number of nitrogens with zero attached hydrogens (tertiary/aromatic N) is 1. The fourth-order valence-corrected chi connectivity index (χ4v) is 3.40. The van der Waals surface area contributed by atoms with Crippen molar-refractivity contribution < 1.29 is 4.79 Å². The van der Waals surface area contributed by atoms with E-state index in [2.05, 4.69) is 27.8 Å². The molecule has 2 aromatic heterocycles. The number of allylic oxidation sites excluding steroid dienone is 3. The van der Waals surface area contributed by atoms with Crippen molar-refractivity contribution in [3.8, 4) is 10.6 Å². The van der Waals surface area contributed by atoms with E-state index in [1.165, 1.54) is 15.8 Å². The largest absolute Gasteiger partial charge is 0.352 e. The molecular formula is C16H18N2OS2. The Morgan fingerprint density at radius 1 is 1.38 bits per heavy atom. The number of hydrogen-bond acceptors (Lipinski definition) is 4. The lowest BCUT2D eigenvalue weighted by molar-refractivity contribution is -0.116. The molecule has 0 aliphatic heterocycles. The minimum absolute atomic E-state index is 0.0556. The van der Waals surface area contributed by atoms with E-state index in [0.717, 1.165) is 17.1 Å². The van der Waals surface area contributed by atoms with Crippen LogP contribution in [0.3, 0.4) is 0 Å². The lowest BCUT2D eigenvalue weighted by Crippen LogP contribution is -2.23. The van der Waals surface area contributed by atoms with Crippen LogP contribution in [0.5, 0.6) is 0 Å². The number of rotatable bonds is 6. The highest BCUT2D eigenvalue weighted by atomic mass is 32.1. The normalized spacial score (nSPS) is 11.5. The molecule has 21 heavy (non-hydrogen) atoms. The fourth-order valence-electron chi connectivity index (χ4n) is 1.75. The average molecular weight is 318 g/mol. The van der Waals surface area contributed by atoms with Crippen LogP contribution in [0.15, 0.2) is 41.8 Å². The van der Waals surface area contributed by atoms with Crippen molar-refractivity contribution in [2.45, 2.75) is 20.3 Å². The van der Waals surface area contributed by atoms with Gasteiger partial charge < -0.3 is 5.32 Å². The number of nitrogens with one attached hydrogen (secondary N) is 1. The minimum atomic E-state index is -0.0556. The number of thiophene rings is 1. The van der Waals surface area contributed by atoms with Crippen LogP contribution in [0, 0.1) is 6.92 Å². The highest BCUT2D eigenvalue weighted by Crippen LogP contribution is 2.29. The van der Waals surface area contributed by atoms with Crippen molar-refractivity contribution in [1.82, 2.24) is 10.3 Å². The van der Waals surface area contributed by atoms with Gasteiger partial charge in [-0.1, -0.05) is 18.2 Å². The van der Waals surface area contributed by atoms with Gasteiger partial charge in [0.2, 0.25) is 5.91 Å². The van der Waals surface area contributed by atoms with Gasteiger partial charge in [-0.15, -0.1) is 22.7 Å². The zero-order valence-corrected chi connectivity index (χ0v) is 13.8. The van der Waals surface area contributed by atoms with E-state index in [0.29, 0.717) is 6.54 Å². The van der Waals surface area contributed by atoms with Gasteiger partial charge in [0.1, 0.15) is 0 Å². The number of hydrogen-bond donors (Lipinski definition) is 1.